The van der Waals surface area contributed by atoms with E-state index in [9.17, 15) is 0 Å². The predicted molar refractivity (Wildman–Crippen MR) is 85.2 cm³/mol. The van der Waals surface area contributed by atoms with Crippen LogP contribution in [0.3, 0.4) is 0 Å². The zero-order valence-electron chi connectivity index (χ0n) is 11.5. The van der Waals surface area contributed by atoms with Crippen LogP contribution < -0.4 is 10.9 Å². The first-order valence-corrected chi connectivity index (χ1v) is 6.47. The van der Waals surface area contributed by atoms with E-state index in [2.05, 4.69) is 62.4 Å². The molecule has 0 heterocycles. The van der Waals surface area contributed by atoms with Crippen LogP contribution in [0.5, 0.6) is 0 Å². The molecule has 0 unspecified atom stereocenters. The Kier molecular flexibility index (Phi) is 5.87. The van der Waals surface area contributed by atoms with Crippen molar-refractivity contribution in [3.8, 4) is 0 Å². The van der Waals surface area contributed by atoms with Crippen LogP contribution in [0.1, 0.15) is 25.0 Å². The molecule has 0 saturated heterocycles. The topological polar surface area (TPSA) is 29.3 Å². The summed E-state index contributed by atoms with van der Waals surface area (Å²) in [6.45, 7) is 4.30. The lowest BCUT2D eigenvalue weighted by molar-refractivity contribution is 1.07. The normalized spacial score (nSPS) is 9.84. The van der Waals surface area contributed by atoms with Gasteiger partial charge in [-0.2, -0.15) is 0 Å². The van der Waals surface area contributed by atoms with Crippen LogP contribution in [-0.2, 0) is 12.8 Å². The van der Waals surface area contributed by atoms with Crippen molar-refractivity contribution in [2.45, 2.75) is 26.7 Å². The molecule has 102 valence electrons. The molecule has 2 rings (SSSR count). The van der Waals surface area contributed by atoms with Crippen molar-refractivity contribution in [3.05, 3.63) is 59.7 Å². The van der Waals surface area contributed by atoms with E-state index in [1.54, 1.807) is 5.01 Å². The molecule has 2 aromatic rings. The molecule has 0 saturated carbocycles. The van der Waals surface area contributed by atoms with Gasteiger partial charge in [-0.25, -0.2) is 5.84 Å². The average molecular weight is 277 g/mol. The van der Waals surface area contributed by atoms with Crippen LogP contribution in [0.15, 0.2) is 48.5 Å². The smallest absolute Gasteiger partial charge is 0.0575 e. The summed E-state index contributed by atoms with van der Waals surface area (Å²) < 4.78 is 0. The van der Waals surface area contributed by atoms with Crippen LogP contribution in [0.25, 0.3) is 0 Å². The molecule has 0 aliphatic heterocycles. The molecule has 3 heteroatoms. The highest BCUT2D eigenvalue weighted by molar-refractivity contribution is 5.85. The van der Waals surface area contributed by atoms with Crippen LogP contribution in [0, 0.1) is 0 Å². The number of hydrazine groups is 1. The Bertz CT molecular complexity index is 444. The molecule has 0 aliphatic carbocycles. The first-order valence-electron chi connectivity index (χ1n) is 6.47. The van der Waals surface area contributed by atoms with Crippen LogP contribution in [-0.4, -0.2) is 0 Å². The Morgan fingerprint density at radius 3 is 1.32 bits per heavy atom. The van der Waals surface area contributed by atoms with Gasteiger partial charge in [0, 0.05) is 0 Å². The molecular weight excluding hydrogens is 256 g/mol. The Hall–Kier alpha value is -1.51. The fourth-order valence-corrected chi connectivity index (χ4v) is 1.93. The van der Waals surface area contributed by atoms with Crippen molar-refractivity contribution >= 4 is 23.8 Å². The summed E-state index contributed by atoms with van der Waals surface area (Å²) >= 11 is 0. The van der Waals surface area contributed by atoms with E-state index in [0.29, 0.717) is 0 Å². The Labute approximate surface area is 121 Å². The van der Waals surface area contributed by atoms with Crippen LogP contribution in [0.2, 0.25) is 0 Å². The van der Waals surface area contributed by atoms with Crippen LogP contribution >= 0.6 is 12.4 Å². The molecule has 2 N–H and O–H groups in total. The number of nitrogens with two attached hydrogens (primary N) is 1. The number of hydrogen-bond acceptors (Lipinski definition) is 2. The lowest BCUT2D eigenvalue weighted by atomic mass is 10.1. The standard InChI is InChI=1S/C16H20N2.ClH/c1-3-13-5-9-15(10-6-13)18(17)16-11-7-14(4-2)8-12-16;/h5-12H,3-4,17H2,1-2H3;1H. The van der Waals surface area contributed by atoms with Gasteiger partial charge >= 0.3 is 0 Å². The van der Waals surface area contributed by atoms with Crippen molar-refractivity contribution < 1.29 is 0 Å². The molecule has 2 aromatic carbocycles. The average Bonchev–Trinajstić information content (AvgIpc) is 2.47. The van der Waals surface area contributed by atoms with E-state index in [4.69, 9.17) is 5.84 Å². The van der Waals surface area contributed by atoms with E-state index in [0.717, 1.165) is 24.2 Å². The second kappa shape index (κ2) is 7.17. The lowest BCUT2D eigenvalue weighted by Gasteiger charge is -2.19. The van der Waals surface area contributed by atoms with Gasteiger partial charge in [0.2, 0.25) is 0 Å². The highest BCUT2D eigenvalue weighted by Crippen LogP contribution is 2.22. The third kappa shape index (κ3) is 3.72. The van der Waals surface area contributed by atoms with E-state index in [1.807, 2.05) is 0 Å². The number of halogens is 1. The van der Waals surface area contributed by atoms with Crippen molar-refractivity contribution in [1.29, 1.82) is 0 Å². The first kappa shape index (κ1) is 15.5. The second-order valence-electron chi connectivity index (χ2n) is 4.41. The molecule has 0 amide bonds. The molecule has 19 heavy (non-hydrogen) atoms. The van der Waals surface area contributed by atoms with Crippen LogP contribution in [0.4, 0.5) is 11.4 Å². The van der Waals surface area contributed by atoms with E-state index >= 15 is 0 Å². The van der Waals surface area contributed by atoms with Gasteiger partial charge in [-0.05, 0) is 48.2 Å². The Morgan fingerprint density at radius 1 is 0.737 bits per heavy atom. The third-order valence-electron chi connectivity index (χ3n) is 3.25. The number of anilines is 2. The van der Waals surface area contributed by atoms with Gasteiger partial charge < -0.3 is 0 Å². The predicted octanol–water partition coefficient (Wildman–Crippen LogP) is 4.25. The van der Waals surface area contributed by atoms with Gasteiger partial charge in [-0.3, -0.25) is 5.01 Å². The van der Waals surface area contributed by atoms with E-state index < -0.39 is 0 Å². The van der Waals surface area contributed by atoms with Gasteiger partial charge in [0.05, 0.1) is 11.4 Å². The maximum Gasteiger partial charge on any atom is 0.0575 e. The number of benzene rings is 2. The van der Waals surface area contributed by atoms with E-state index in [1.165, 1.54) is 11.1 Å². The summed E-state index contributed by atoms with van der Waals surface area (Å²) in [4.78, 5) is 0. The Morgan fingerprint density at radius 2 is 1.05 bits per heavy atom. The third-order valence-corrected chi connectivity index (χ3v) is 3.25. The van der Waals surface area contributed by atoms with Gasteiger partial charge in [0.15, 0.2) is 0 Å². The number of aryl methyl sites for hydroxylation is 2. The maximum absolute atomic E-state index is 6.13. The highest BCUT2D eigenvalue weighted by atomic mass is 35.5. The molecule has 0 aromatic heterocycles. The minimum atomic E-state index is 0. The molecular formula is C16H21ClN2. The summed E-state index contributed by atoms with van der Waals surface area (Å²) in [5.41, 5.74) is 4.68. The fourth-order valence-electron chi connectivity index (χ4n) is 1.93. The van der Waals surface area contributed by atoms with Crippen molar-refractivity contribution in [1.82, 2.24) is 0 Å². The molecule has 0 radical (unpaired) electrons. The minimum absolute atomic E-state index is 0. The zero-order valence-corrected chi connectivity index (χ0v) is 12.3. The Balaban J connectivity index is 0.00000180. The molecule has 2 nitrogen and oxygen atoms in total. The first-order chi connectivity index (χ1) is 8.74. The molecule has 0 fully saturated rings. The molecule has 0 atom stereocenters. The summed E-state index contributed by atoms with van der Waals surface area (Å²) in [5.74, 6) is 6.13. The molecule has 0 aliphatic rings. The van der Waals surface area contributed by atoms with Gasteiger partial charge in [0.1, 0.15) is 0 Å². The van der Waals surface area contributed by atoms with Crippen molar-refractivity contribution in [3.63, 3.8) is 0 Å². The van der Waals surface area contributed by atoms with Crippen molar-refractivity contribution in [2.24, 2.45) is 5.84 Å². The number of nitrogens with zero attached hydrogens (tertiary/aromatic N) is 1. The largest absolute Gasteiger partial charge is 0.280 e. The van der Waals surface area contributed by atoms with Gasteiger partial charge in [-0.1, -0.05) is 38.1 Å². The number of hydrogen-bond donors (Lipinski definition) is 1. The second-order valence-corrected chi connectivity index (χ2v) is 4.41. The SMILES string of the molecule is CCc1ccc(N(N)c2ccc(CC)cc2)cc1.Cl. The molecule has 0 spiro atoms. The molecule has 0 bridgehead atoms. The fraction of sp³-hybridized carbons (Fsp3) is 0.250. The summed E-state index contributed by atoms with van der Waals surface area (Å²) in [5, 5.41) is 1.72. The van der Waals surface area contributed by atoms with Gasteiger partial charge in [-0.15, -0.1) is 12.4 Å². The lowest BCUT2D eigenvalue weighted by Crippen LogP contribution is -2.24. The summed E-state index contributed by atoms with van der Waals surface area (Å²) in [6, 6.07) is 16.7. The van der Waals surface area contributed by atoms with Gasteiger partial charge in [0.25, 0.3) is 0 Å². The summed E-state index contributed by atoms with van der Waals surface area (Å²) in [7, 11) is 0. The highest BCUT2D eigenvalue weighted by Gasteiger charge is 2.04. The zero-order chi connectivity index (χ0) is 13.0. The number of rotatable bonds is 4. The maximum atomic E-state index is 6.13. The summed E-state index contributed by atoms with van der Waals surface area (Å²) in [6.07, 6.45) is 2.10. The minimum Gasteiger partial charge on any atom is -0.280 e. The monoisotopic (exact) mass is 276 g/mol. The van der Waals surface area contributed by atoms with Crippen molar-refractivity contribution in [2.75, 3.05) is 5.01 Å². The van der Waals surface area contributed by atoms with E-state index in [-0.39, 0.29) is 12.4 Å². The quantitative estimate of drug-likeness (QED) is 0.668.